The molecule has 4 heteroatoms. The largest absolute Gasteiger partial charge is 0.506 e. The molecule has 0 radical (unpaired) electrons. The van der Waals surface area contributed by atoms with Gasteiger partial charge in [-0.15, -0.1) is 0 Å². The van der Waals surface area contributed by atoms with Crippen molar-refractivity contribution in [2.75, 3.05) is 7.11 Å². The van der Waals surface area contributed by atoms with Crippen LogP contribution in [0.3, 0.4) is 0 Å². The van der Waals surface area contributed by atoms with Crippen LogP contribution in [0, 0.1) is 6.92 Å². The Morgan fingerprint density at radius 2 is 2.31 bits per heavy atom. The smallest absolute Gasteiger partial charge is 0.311 e. The van der Waals surface area contributed by atoms with Gasteiger partial charge in [-0.3, -0.25) is 9.78 Å². The van der Waals surface area contributed by atoms with Gasteiger partial charge < -0.3 is 9.84 Å². The van der Waals surface area contributed by atoms with Crippen molar-refractivity contribution < 1.29 is 14.6 Å². The van der Waals surface area contributed by atoms with Gasteiger partial charge in [-0.2, -0.15) is 0 Å². The summed E-state index contributed by atoms with van der Waals surface area (Å²) in [5.41, 5.74) is 1.11. The minimum atomic E-state index is -0.409. The van der Waals surface area contributed by atoms with Crippen molar-refractivity contribution >= 4 is 5.97 Å². The summed E-state index contributed by atoms with van der Waals surface area (Å²) in [4.78, 5) is 14.9. The average molecular weight is 181 g/mol. The van der Waals surface area contributed by atoms with Crippen molar-refractivity contribution in [2.24, 2.45) is 0 Å². The molecular weight excluding hydrogens is 170 g/mol. The van der Waals surface area contributed by atoms with E-state index in [4.69, 9.17) is 0 Å². The third kappa shape index (κ3) is 2.43. The fourth-order valence-corrected chi connectivity index (χ4v) is 0.942. The minimum absolute atomic E-state index is 0.00398. The van der Waals surface area contributed by atoms with E-state index in [0.29, 0.717) is 5.69 Å². The van der Waals surface area contributed by atoms with Crippen molar-refractivity contribution in [1.29, 1.82) is 0 Å². The molecule has 0 aliphatic heterocycles. The van der Waals surface area contributed by atoms with Crippen molar-refractivity contribution in [3.8, 4) is 5.75 Å². The molecule has 0 atom stereocenters. The molecule has 0 fully saturated rings. The summed E-state index contributed by atoms with van der Waals surface area (Å²) in [5.74, 6) is -0.385. The summed E-state index contributed by atoms with van der Waals surface area (Å²) >= 11 is 0. The predicted octanol–water partition coefficient (Wildman–Crippen LogP) is 0.811. The zero-order valence-corrected chi connectivity index (χ0v) is 7.57. The van der Waals surface area contributed by atoms with Gasteiger partial charge >= 0.3 is 5.97 Å². The van der Waals surface area contributed by atoms with Gasteiger partial charge in [0.25, 0.3) is 0 Å². The highest BCUT2D eigenvalue weighted by Gasteiger charge is 2.08. The lowest BCUT2D eigenvalue weighted by Crippen LogP contribution is -2.06. The van der Waals surface area contributed by atoms with E-state index in [1.165, 1.54) is 13.2 Å². The van der Waals surface area contributed by atoms with Crippen LogP contribution in [0.4, 0.5) is 0 Å². The monoisotopic (exact) mass is 181 g/mol. The van der Waals surface area contributed by atoms with Crippen LogP contribution in [0.5, 0.6) is 5.75 Å². The molecule has 0 aliphatic carbocycles. The number of aryl methyl sites for hydroxylation is 1. The Morgan fingerprint density at radius 1 is 1.62 bits per heavy atom. The van der Waals surface area contributed by atoms with E-state index in [2.05, 4.69) is 9.72 Å². The summed E-state index contributed by atoms with van der Waals surface area (Å²) in [7, 11) is 1.30. The van der Waals surface area contributed by atoms with Gasteiger partial charge in [0.1, 0.15) is 5.75 Å². The number of pyridine rings is 1. The van der Waals surface area contributed by atoms with Crippen molar-refractivity contribution in [1.82, 2.24) is 4.98 Å². The Labute approximate surface area is 76.2 Å². The van der Waals surface area contributed by atoms with Crippen LogP contribution in [0.1, 0.15) is 11.4 Å². The molecule has 1 aromatic heterocycles. The van der Waals surface area contributed by atoms with Crippen molar-refractivity contribution in [2.45, 2.75) is 13.3 Å². The van der Waals surface area contributed by atoms with Gasteiger partial charge in [0.15, 0.2) is 0 Å². The van der Waals surface area contributed by atoms with Crippen LogP contribution in [0.15, 0.2) is 12.1 Å². The fraction of sp³-hybridized carbons (Fsp3) is 0.333. The van der Waals surface area contributed by atoms with Crippen LogP contribution in [-0.2, 0) is 16.0 Å². The standard InChI is InChI=1S/C9H11NO3/c1-6-3-4-8(11)7(10-6)5-9(12)13-2/h3-4,11H,5H2,1-2H3. The molecule has 0 unspecified atom stereocenters. The van der Waals surface area contributed by atoms with Gasteiger partial charge in [0.05, 0.1) is 19.2 Å². The molecule has 0 bridgehead atoms. The number of aromatic hydroxyl groups is 1. The highest BCUT2D eigenvalue weighted by molar-refractivity contribution is 5.72. The molecule has 4 nitrogen and oxygen atoms in total. The second-order valence-corrected chi connectivity index (χ2v) is 2.67. The molecule has 1 aromatic rings. The summed E-state index contributed by atoms with van der Waals surface area (Å²) < 4.78 is 4.46. The SMILES string of the molecule is COC(=O)Cc1nc(C)ccc1O. The zero-order valence-electron chi connectivity index (χ0n) is 7.57. The lowest BCUT2D eigenvalue weighted by molar-refractivity contribution is -0.139. The average Bonchev–Trinajstić information content (AvgIpc) is 2.11. The maximum atomic E-state index is 10.9. The van der Waals surface area contributed by atoms with Crippen LogP contribution in [-0.4, -0.2) is 23.2 Å². The van der Waals surface area contributed by atoms with E-state index in [-0.39, 0.29) is 12.2 Å². The van der Waals surface area contributed by atoms with Crippen molar-refractivity contribution in [3.63, 3.8) is 0 Å². The highest BCUT2D eigenvalue weighted by Crippen LogP contribution is 2.15. The zero-order chi connectivity index (χ0) is 9.84. The van der Waals surface area contributed by atoms with Gasteiger partial charge in [-0.1, -0.05) is 0 Å². The van der Waals surface area contributed by atoms with Crippen LogP contribution in [0.25, 0.3) is 0 Å². The summed E-state index contributed by atoms with van der Waals surface area (Å²) in [6.07, 6.45) is 0.00398. The topological polar surface area (TPSA) is 59.4 Å². The molecule has 1 heterocycles. The second-order valence-electron chi connectivity index (χ2n) is 2.67. The summed E-state index contributed by atoms with van der Waals surface area (Å²) in [6, 6.07) is 3.19. The number of hydrogen-bond donors (Lipinski definition) is 1. The Bertz CT molecular complexity index is 323. The maximum absolute atomic E-state index is 10.9. The number of aromatic nitrogens is 1. The fourth-order valence-electron chi connectivity index (χ4n) is 0.942. The number of esters is 1. The summed E-state index contributed by atoms with van der Waals surface area (Å²) in [5, 5.41) is 9.31. The van der Waals surface area contributed by atoms with E-state index in [0.717, 1.165) is 5.69 Å². The normalized spacial score (nSPS) is 9.69. The first kappa shape index (κ1) is 9.51. The lowest BCUT2D eigenvalue weighted by Gasteiger charge is -2.02. The van der Waals surface area contributed by atoms with Crippen LogP contribution >= 0.6 is 0 Å². The van der Waals surface area contributed by atoms with E-state index >= 15 is 0 Å². The van der Waals surface area contributed by atoms with Gasteiger partial charge in [-0.05, 0) is 19.1 Å². The van der Waals surface area contributed by atoms with E-state index < -0.39 is 5.97 Å². The van der Waals surface area contributed by atoms with Gasteiger partial charge in [-0.25, -0.2) is 0 Å². The minimum Gasteiger partial charge on any atom is -0.506 e. The van der Waals surface area contributed by atoms with E-state index in [9.17, 15) is 9.90 Å². The Hall–Kier alpha value is -1.58. The van der Waals surface area contributed by atoms with Gasteiger partial charge in [0, 0.05) is 5.69 Å². The first-order chi connectivity index (χ1) is 6.13. The number of carbonyl (C=O) groups excluding carboxylic acids is 1. The van der Waals surface area contributed by atoms with E-state index in [1.54, 1.807) is 13.0 Å². The van der Waals surface area contributed by atoms with Crippen LogP contribution < -0.4 is 0 Å². The summed E-state index contributed by atoms with van der Waals surface area (Å²) in [6.45, 7) is 1.79. The molecule has 0 spiro atoms. The second kappa shape index (κ2) is 3.89. The molecule has 0 saturated heterocycles. The van der Waals surface area contributed by atoms with Gasteiger partial charge in [0.2, 0.25) is 0 Å². The molecule has 70 valence electrons. The quantitative estimate of drug-likeness (QED) is 0.686. The molecule has 0 aromatic carbocycles. The van der Waals surface area contributed by atoms with Crippen molar-refractivity contribution in [3.05, 3.63) is 23.5 Å². The molecular formula is C9H11NO3. The lowest BCUT2D eigenvalue weighted by atomic mass is 10.2. The highest BCUT2D eigenvalue weighted by atomic mass is 16.5. The molecule has 0 amide bonds. The Balaban J connectivity index is 2.87. The third-order valence-electron chi connectivity index (χ3n) is 1.63. The number of hydrogen-bond acceptors (Lipinski definition) is 4. The number of nitrogens with zero attached hydrogens (tertiary/aromatic N) is 1. The number of rotatable bonds is 2. The Morgan fingerprint density at radius 3 is 2.92 bits per heavy atom. The molecule has 0 aliphatic rings. The molecule has 13 heavy (non-hydrogen) atoms. The van der Waals surface area contributed by atoms with E-state index in [1.807, 2.05) is 0 Å². The molecule has 1 N–H and O–H groups in total. The Kier molecular flexibility index (Phi) is 2.84. The molecule has 1 rings (SSSR count). The maximum Gasteiger partial charge on any atom is 0.311 e. The number of carbonyl (C=O) groups is 1. The molecule has 0 saturated carbocycles. The van der Waals surface area contributed by atoms with Crippen LogP contribution in [0.2, 0.25) is 0 Å². The number of ether oxygens (including phenoxy) is 1. The first-order valence-corrected chi connectivity index (χ1v) is 3.86. The third-order valence-corrected chi connectivity index (χ3v) is 1.63. The predicted molar refractivity (Wildman–Crippen MR) is 46.4 cm³/mol. The first-order valence-electron chi connectivity index (χ1n) is 3.86. The number of methoxy groups -OCH3 is 1.